The lowest BCUT2D eigenvalue weighted by molar-refractivity contribution is -0.121. The molecule has 126 valence electrons. The molecule has 1 heterocycles. The van der Waals surface area contributed by atoms with E-state index in [-0.39, 0.29) is 23.3 Å². The molecule has 0 aliphatic carbocycles. The van der Waals surface area contributed by atoms with Crippen LogP contribution in [0.1, 0.15) is 43.0 Å². The van der Waals surface area contributed by atoms with Crippen LogP contribution in [0.25, 0.3) is 0 Å². The summed E-state index contributed by atoms with van der Waals surface area (Å²) in [4.78, 5) is 25.5. The van der Waals surface area contributed by atoms with E-state index < -0.39 is 11.6 Å². The smallest absolute Gasteiger partial charge is 0.254 e. The second kappa shape index (κ2) is 8.04. The molecule has 1 aliphatic heterocycles. The molecule has 1 fully saturated rings. The van der Waals surface area contributed by atoms with Crippen LogP contribution in [0, 0.1) is 17.6 Å². The highest BCUT2D eigenvalue weighted by molar-refractivity contribution is 5.94. The number of rotatable bonds is 5. The Bertz CT molecular complexity index is 557. The molecule has 23 heavy (non-hydrogen) atoms. The van der Waals surface area contributed by atoms with Crippen molar-refractivity contribution >= 4 is 11.8 Å². The standard InChI is InChI=1S/C17H22F2N2O2/c1-2-4-16(22)20-10-12-5-3-6-21(11-12)17(23)13-7-14(18)9-15(19)8-13/h7-9,12H,2-6,10-11H2,1H3,(H,20,22). The van der Waals surface area contributed by atoms with Crippen molar-refractivity contribution in [3.05, 3.63) is 35.4 Å². The van der Waals surface area contributed by atoms with E-state index in [4.69, 9.17) is 0 Å². The molecule has 1 aromatic rings. The first-order chi connectivity index (χ1) is 11.0. The highest BCUT2D eigenvalue weighted by Crippen LogP contribution is 2.19. The van der Waals surface area contributed by atoms with Gasteiger partial charge in [0.1, 0.15) is 11.6 Å². The maximum Gasteiger partial charge on any atom is 0.254 e. The van der Waals surface area contributed by atoms with Gasteiger partial charge in [-0.05, 0) is 37.3 Å². The van der Waals surface area contributed by atoms with Gasteiger partial charge in [-0.2, -0.15) is 0 Å². The Morgan fingerprint density at radius 2 is 1.96 bits per heavy atom. The van der Waals surface area contributed by atoms with Gasteiger partial charge in [0.05, 0.1) is 0 Å². The van der Waals surface area contributed by atoms with Gasteiger partial charge < -0.3 is 10.2 Å². The summed E-state index contributed by atoms with van der Waals surface area (Å²) < 4.78 is 26.5. The van der Waals surface area contributed by atoms with E-state index in [9.17, 15) is 18.4 Å². The predicted molar refractivity (Wildman–Crippen MR) is 82.9 cm³/mol. The highest BCUT2D eigenvalue weighted by Gasteiger charge is 2.25. The zero-order valence-corrected chi connectivity index (χ0v) is 13.3. The summed E-state index contributed by atoms with van der Waals surface area (Å²) in [5, 5.41) is 2.87. The van der Waals surface area contributed by atoms with Gasteiger partial charge in [0.2, 0.25) is 5.91 Å². The predicted octanol–water partition coefficient (Wildman–Crippen LogP) is 2.73. The third-order valence-electron chi connectivity index (χ3n) is 3.98. The van der Waals surface area contributed by atoms with Crippen molar-refractivity contribution in [2.75, 3.05) is 19.6 Å². The zero-order chi connectivity index (χ0) is 16.8. The number of carbonyl (C=O) groups excluding carboxylic acids is 2. The molecule has 6 heteroatoms. The quantitative estimate of drug-likeness (QED) is 0.905. The van der Waals surface area contributed by atoms with Crippen LogP contribution in [-0.4, -0.2) is 36.3 Å². The van der Waals surface area contributed by atoms with Gasteiger partial charge in [0.25, 0.3) is 5.91 Å². The van der Waals surface area contributed by atoms with E-state index in [0.717, 1.165) is 37.5 Å². The number of halogens is 2. The molecule has 1 unspecified atom stereocenters. The molecule has 1 atom stereocenters. The molecule has 1 aromatic carbocycles. The second-order valence-corrected chi connectivity index (χ2v) is 5.97. The molecular formula is C17H22F2N2O2. The van der Waals surface area contributed by atoms with Crippen molar-refractivity contribution in [3.8, 4) is 0 Å². The summed E-state index contributed by atoms with van der Waals surface area (Å²) in [7, 11) is 0. The molecule has 0 aromatic heterocycles. The Morgan fingerprint density at radius 1 is 1.26 bits per heavy atom. The van der Waals surface area contributed by atoms with Crippen LogP contribution in [0.4, 0.5) is 8.78 Å². The van der Waals surface area contributed by atoms with Crippen LogP contribution in [0.5, 0.6) is 0 Å². The maximum absolute atomic E-state index is 13.3. The van der Waals surface area contributed by atoms with Crippen LogP contribution in [0.15, 0.2) is 18.2 Å². The second-order valence-electron chi connectivity index (χ2n) is 5.97. The lowest BCUT2D eigenvalue weighted by Gasteiger charge is -2.33. The summed E-state index contributed by atoms with van der Waals surface area (Å²) in [5.41, 5.74) is 0.0261. The van der Waals surface area contributed by atoms with Crippen LogP contribution in [0.3, 0.4) is 0 Å². The van der Waals surface area contributed by atoms with E-state index in [1.54, 1.807) is 4.90 Å². The van der Waals surface area contributed by atoms with Crippen LogP contribution in [0.2, 0.25) is 0 Å². The first-order valence-electron chi connectivity index (χ1n) is 8.01. The lowest BCUT2D eigenvalue weighted by atomic mass is 9.97. The number of piperidine rings is 1. The zero-order valence-electron chi connectivity index (χ0n) is 13.3. The van der Waals surface area contributed by atoms with Crippen molar-refractivity contribution in [2.45, 2.75) is 32.6 Å². The molecule has 0 bridgehead atoms. The molecule has 2 amide bonds. The minimum atomic E-state index is -0.756. The largest absolute Gasteiger partial charge is 0.356 e. The van der Waals surface area contributed by atoms with Crippen LogP contribution >= 0.6 is 0 Å². The number of hydrogen-bond donors (Lipinski definition) is 1. The van der Waals surface area contributed by atoms with Gasteiger partial charge in [-0.25, -0.2) is 8.78 Å². The molecular weight excluding hydrogens is 302 g/mol. The van der Waals surface area contributed by atoms with E-state index in [1.165, 1.54) is 0 Å². The van der Waals surface area contributed by atoms with Gasteiger partial charge in [-0.3, -0.25) is 9.59 Å². The Morgan fingerprint density at radius 3 is 2.61 bits per heavy atom. The van der Waals surface area contributed by atoms with Gasteiger partial charge in [0, 0.05) is 37.7 Å². The summed E-state index contributed by atoms with van der Waals surface area (Å²) in [6.07, 6.45) is 3.04. The number of nitrogens with zero attached hydrogens (tertiary/aromatic N) is 1. The third kappa shape index (κ3) is 5.01. The molecule has 1 saturated heterocycles. The summed E-state index contributed by atoms with van der Waals surface area (Å²) >= 11 is 0. The number of benzene rings is 1. The summed E-state index contributed by atoms with van der Waals surface area (Å²) in [6, 6.07) is 2.86. The lowest BCUT2D eigenvalue weighted by Crippen LogP contribution is -2.43. The topological polar surface area (TPSA) is 49.4 Å². The molecule has 1 aliphatic rings. The first-order valence-corrected chi connectivity index (χ1v) is 8.01. The van der Waals surface area contributed by atoms with E-state index in [1.807, 2.05) is 6.92 Å². The van der Waals surface area contributed by atoms with Crippen molar-refractivity contribution in [1.82, 2.24) is 10.2 Å². The minimum absolute atomic E-state index is 0.0168. The Labute approximate surface area is 134 Å². The molecule has 2 rings (SSSR count). The van der Waals surface area contributed by atoms with Crippen LogP contribution in [-0.2, 0) is 4.79 Å². The van der Waals surface area contributed by atoms with Crippen molar-refractivity contribution in [2.24, 2.45) is 5.92 Å². The highest BCUT2D eigenvalue weighted by atomic mass is 19.1. The maximum atomic E-state index is 13.3. The van der Waals surface area contributed by atoms with Crippen molar-refractivity contribution in [3.63, 3.8) is 0 Å². The van der Waals surface area contributed by atoms with E-state index in [2.05, 4.69) is 5.32 Å². The number of hydrogen-bond acceptors (Lipinski definition) is 2. The molecule has 4 nitrogen and oxygen atoms in total. The van der Waals surface area contributed by atoms with Crippen molar-refractivity contribution in [1.29, 1.82) is 0 Å². The molecule has 0 spiro atoms. The van der Waals surface area contributed by atoms with Gasteiger partial charge in [-0.1, -0.05) is 6.92 Å². The molecule has 1 N–H and O–H groups in total. The van der Waals surface area contributed by atoms with Crippen molar-refractivity contribution < 1.29 is 18.4 Å². The SMILES string of the molecule is CCCC(=O)NCC1CCCN(C(=O)c2cc(F)cc(F)c2)C1. The van der Waals surface area contributed by atoms with E-state index >= 15 is 0 Å². The van der Waals surface area contributed by atoms with Crippen LogP contribution < -0.4 is 5.32 Å². The monoisotopic (exact) mass is 324 g/mol. The Balaban J connectivity index is 1.94. The summed E-state index contributed by atoms with van der Waals surface area (Å²) in [5.74, 6) is -1.69. The Hall–Kier alpha value is -1.98. The Kier molecular flexibility index (Phi) is 6.07. The molecule has 0 saturated carbocycles. The fraction of sp³-hybridized carbons (Fsp3) is 0.529. The summed E-state index contributed by atoms with van der Waals surface area (Å²) in [6.45, 7) is 3.53. The number of likely N-dealkylation sites (tertiary alicyclic amines) is 1. The normalized spacial score (nSPS) is 17.9. The average molecular weight is 324 g/mol. The molecule has 0 radical (unpaired) electrons. The first kappa shape index (κ1) is 17.4. The third-order valence-corrected chi connectivity index (χ3v) is 3.98. The number of amides is 2. The van der Waals surface area contributed by atoms with Gasteiger partial charge in [-0.15, -0.1) is 0 Å². The fourth-order valence-corrected chi connectivity index (χ4v) is 2.85. The number of nitrogens with one attached hydrogen (secondary N) is 1. The van der Waals surface area contributed by atoms with Gasteiger partial charge >= 0.3 is 0 Å². The average Bonchev–Trinajstić information content (AvgIpc) is 2.52. The fourth-order valence-electron chi connectivity index (χ4n) is 2.85. The van der Waals surface area contributed by atoms with Gasteiger partial charge in [0.15, 0.2) is 0 Å². The minimum Gasteiger partial charge on any atom is -0.356 e. The number of carbonyl (C=O) groups is 2. The van der Waals surface area contributed by atoms with E-state index in [0.29, 0.717) is 26.1 Å².